The molecule has 1 aliphatic rings. The molecule has 0 aromatic carbocycles. The summed E-state index contributed by atoms with van der Waals surface area (Å²) in [5.41, 5.74) is -1.62. The highest BCUT2D eigenvalue weighted by atomic mass is 19.4. The van der Waals surface area contributed by atoms with Gasteiger partial charge in [-0.2, -0.15) is 22.7 Å². The highest BCUT2D eigenvalue weighted by Gasteiger charge is 2.38. The third-order valence-corrected chi connectivity index (χ3v) is 5.87. The van der Waals surface area contributed by atoms with Crippen LogP contribution in [0.4, 0.5) is 24.9 Å². The Morgan fingerprint density at radius 3 is 2.58 bits per heavy atom. The van der Waals surface area contributed by atoms with E-state index in [1.54, 1.807) is 13.0 Å². The number of carbonyl (C=O) groups is 2. The van der Waals surface area contributed by atoms with E-state index in [4.69, 9.17) is 0 Å². The van der Waals surface area contributed by atoms with Crippen molar-refractivity contribution in [3.8, 4) is 0 Å². The van der Waals surface area contributed by atoms with Crippen LogP contribution in [0.2, 0.25) is 0 Å². The molecule has 1 aliphatic carbocycles. The van der Waals surface area contributed by atoms with E-state index in [2.05, 4.69) is 25.7 Å². The first-order valence-corrected chi connectivity index (χ1v) is 10.2. The van der Waals surface area contributed by atoms with Gasteiger partial charge in [-0.25, -0.2) is 0 Å². The summed E-state index contributed by atoms with van der Waals surface area (Å²) in [6.07, 6.45) is -0.0379. The molecule has 0 aliphatic heterocycles. The number of alkyl halides is 3. The van der Waals surface area contributed by atoms with E-state index < -0.39 is 29.0 Å². The molecule has 3 aromatic rings. The van der Waals surface area contributed by atoms with Gasteiger partial charge >= 0.3 is 12.1 Å². The summed E-state index contributed by atoms with van der Waals surface area (Å²) < 4.78 is 41.6. The van der Waals surface area contributed by atoms with E-state index in [1.807, 2.05) is 0 Å². The van der Waals surface area contributed by atoms with Gasteiger partial charge in [-0.3, -0.25) is 19.9 Å². The Morgan fingerprint density at radius 2 is 1.97 bits per heavy atom. The van der Waals surface area contributed by atoms with Gasteiger partial charge in [0.15, 0.2) is 5.65 Å². The maximum atomic E-state index is 13.5. The van der Waals surface area contributed by atoms with E-state index in [0.29, 0.717) is 25.7 Å². The minimum absolute atomic E-state index is 0.0538. The van der Waals surface area contributed by atoms with Crippen molar-refractivity contribution in [2.45, 2.75) is 44.8 Å². The van der Waals surface area contributed by atoms with Crippen LogP contribution in [-0.2, 0) is 11.0 Å². The van der Waals surface area contributed by atoms with Crippen molar-refractivity contribution in [1.29, 1.82) is 0 Å². The second kappa shape index (κ2) is 8.34. The Hall–Kier alpha value is -3.70. The fourth-order valence-corrected chi connectivity index (χ4v) is 3.80. The van der Waals surface area contributed by atoms with Crippen LogP contribution in [0.15, 0.2) is 36.7 Å². The molecular weight excluding hydrogens is 441 g/mol. The summed E-state index contributed by atoms with van der Waals surface area (Å²) in [5, 5.41) is 19.1. The third-order valence-electron chi connectivity index (χ3n) is 5.87. The predicted octanol–water partition coefficient (Wildman–Crippen LogP) is 3.84. The maximum Gasteiger partial charge on any atom is 0.416 e. The number of nitrogens with one attached hydrogen (secondary N) is 2. The van der Waals surface area contributed by atoms with Crippen molar-refractivity contribution < 1.29 is 27.9 Å². The van der Waals surface area contributed by atoms with Crippen LogP contribution in [0.25, 0.3) is 5.65 Å². The second-order valence-electron chi connectivity index (χ2n) is 8.31. The molecule has 3 aromatic heterocycles. The smallest absolute Gasteiger partial charge is 0.416 e. The van der Waals surface area contributed by atoms with Gasteiger partial charge in [0.25, 0.3) is 5.91 Å². The number of aliphatic carboxylic acids is 1. The molecule has 0 saturated heterocycles. The number of fused-ring (bicyclic) bond motifs is 1. The van der Waals surface area contributed by atoms with Gasteiger partial charge in [0.05, 0.1) is 16.5 Å². The number of carbonyl (C=O) groups excluding carboxylic acids is 1. The predicted molar refractivity (Wildman–Crippen MR) is 112 cm³/mol. The third kappa shape index (κ3) is 4.73. The van der Waals surface area contributed by atoms with E-state index in [9.17, 15) is 27.9 Å². The van der Waals surface area contributed by atoms with Crippen molar-refractivity contribution >= 4 is 29.3 Å². The van der Waals surface area contributed by atoms with Crippen molar-refractivity contribution in [1.82, 2.24) is 19.6 Å². The molecule has 0 spiro atoms. The summed E-state index contributed by atoms with van der Waals surface area (Å²) in [7, 11) is 0. The van der Waals surface area contributed by atoms with Gasteiger partial charge in [0.2, 0.25) is 5.95 Å². The van der Waals surface area contributed by atoms with Crippen LogP contribution in [0.1, 0.15) is 48.5 Å². The first kappa shape index (κ1) is 22.5. The molecule has 12 heteroatoms. The number of halogens is 3. The Labute approximate surface area is 186 Å². The molecule has 3 N–H and O–H groups in total. The van der Waals surface area contributed by atoms with E-state index in [-0.39, 0.29) is 29.0 Å². The number of hydrogen-bond donors (Lipinski definition) is 3. The number of carboxylic acid groups (broad SMARTS) is 1. The molecule has 0 bridgehead atoms. The quantitative estimate of drug-likeness (QED) is 0.527. The lowest BCUT2D eigenvalue weighted by Gasteiger charge is -2.34. The maximum absolute atomic E-state index is 13.5. The second-order valence-corrected chi connectivity index (χ2v) is 8.31. The van der Waals surface area contributed by atoms with Crippen LogP contribution in [-0.4, -0.2) is 42.6 Å². The molecule has 9 nitrogen and oxygen atoms in total. The lowest BCUT2D eigenvalue weighted by atomic mass is 9.74. The molecule has 33 heavy (non-hydrogen) atoms. The Bertz CT molecular complexity index is 1190. The zero-order valence-corrected chi connectivity index (χ0v) is 17.6. The van der Waals surface area contributed by atoms with Crippen LogP contribution >= 0.6 is 0 Å². The molecule has 0 radical (unpaired) electrons. The number of pyridine rings is 2. The van der Waals surface area contributed by atoms with Gasteiger partial charge in [0, 0.05) is 18.4 Å². The van der Waals surface area contributed by atoms with Gasteiger partial charge in [-0.05, 0) is 56.9 Å². The zero-order valence-electron chi connectivity index (χ0n) is 17.6. The van der Waals surface area contributed by atoms with E-state index >= 15 is 0 Å². The van der Waals surface area contributed by atoms with Crippen molar-refractivity contribution in [3.05, 3.63) is 47.8 Å². The molecule has 3 heterocycles. The molecule has 0 unspecified atom stereocenters. The highest BCUT2D eigenvalue weighted by Crippen LogP contribution is 2.38. The fourth-order valence-electron chi connectivity index (χ4n) is 3.80. The topological polar surface area (TPSA) is 122 Å². The number of rotatable bonds is 5. The Kier molecular flexibility index (Phi) is 5.68. The first-order valence-electron chi connectivity index (χ1n) is 10.2. The SMILES string of the molecule is CC1(C(=O)O)CCC(Nc2cc(C(F)(F)F)cc3nc(NC(=O)c4cccnc4)nn23)CC1. The average Bonchev–Trinajstić information content (AvgIpc) is 3.18. The molecule has 1 fully saturated rings. The number of anilines is 2. The molecule has 4 rings (SSSR count). The van der Waals surface area contributed by atoms with Crippen LogP contribution < -0.4 is 10.6 Å². The summed E-state index contributed by atoms with van der Waals surface area (Å²) in [5.74, 6) is -1.54. The first-order chi connectivity index (χ1) is 15.5. The summed E-state index contributed by atoms with van der Waals surface area (Å²) in [6, 6.07) is 4.64. The van der Waals surface area contributed by atoms with Crippen LogP contribution in [0, 0.1) is 5.41 Å². The van der Waals surface area contributed by atoms with Crippen LogP contribution in [0.5, 0.6) is 0 Å². The number of aromatic nitrogens is 4. The number of nitrogens with zero attached hydrogens (tertiary/aromatic N) is 4. The van der Waals surface area contributed by atoms with Gasteiger partial charge in [0.1, 0.15) is 5.82 Å². The average molecular weight is 462 g/mol. The minimum atomic E-state index is -4.61. The molecule has 174 valence electrons. The molecular formula is C21H21F3N6O3. The van der Waals surface area contributed by atoms with Crippen LogP contribution in [0.3, 0.4) is 0 Å². The minimum Gasteiger partial charge on any atom is -0.481 e. The van der Waals surface area contributed by atoms with Crippen molar-refractivity contribution in [3.63, 3.8) is 0 Å². The molecule has 0 atom stereocenters. The number of carboxylic acids is 1. The zero-order chi connectivity index (χ0) is 23.8. The Balaban J connectivity index is 1.62. The summed E-state index contributed by atoms with van der Waals surface area (Å²) in [4.78, 5) is 31.7. The van der Waals surface area contributed by atoms with Crippen molar-refractivity contribution in [2.75, 3.05) is 10.6 Å². The normalized spacial score (nSPS) is 21.0. The summed E-state index contributed by atoms with van der Waals surface area (Å²) >= 11 is 0. The Morgan fingerprint density at radius 1 is 1.24 bits per heavy atom. The fraction of sp³-hybridized carbons (Fsp3) is 0.381. The van der Waals surface area contributed by atoms with Gasteiger partial charge in [-0.1, -0.05) is 0 Å². The largest absolute Gasteiger partial charge is 0.481 e. The summed E-state index contributed by atoms with van der Waals surface area (Å²) in [6.45, 7) is 1.67. The number of amides is 1. The molecule has 1 amide bonds. The number of hydrogen-bond acceptors (Lipinski definition) is 6. The molecule has 1 saturated carbocycles. The lowest BCUT2D eigenvalue weighted by molar-refractivity contribution is -0.149. The highest BCUT2D eigenvalue weighted by molar-refractivity contribution is 6.03. The van der Waals surface area contributed by atoms with Crippen molar-refractivity contribution in [2.24, 2.45) is 5.41 Å². The monoisotopic (exact) mass is 462 g/mol. The van der Waals surface area contributed by atoms with Gasteiger partial charge < -0.3 is 10.4 Å². The standard InChI is InChI=1S/C21H21F3N6O3/c1-20(18(32)33)6-4-14(5-7-20)26-15-9-13(21(22,23)24)10-16-27-19(29-30(15)16)28-17(31)12-3-2-8-25-11-12/h2-3,8-11,14,26H,4-7H2,1H3,(H,32,33)(H,28,29,31). The van der Waals surface area contributed by atoms with E-state index in [1.165, 1.54) is 23.0 Å². The van der Waals surface area contributed by atoms with E-state index in [0.717, 1.165) is 12.1 Å². The van der Waals surface area contributed by atoms with Gasteiger partial charge in [-0.15, -0.1) is 5.10 Å². The lowest BCUT2D eigenvalue weighted by Crippen LogP contribution is -2.37.